The Hall–Kier alpha value is -1.30. The number of nitrogen functional groups attached to an aromatic ring is 1. The predicted octanol–water partition coefficient (Wildman–Crippen LogP) is 1.45. The molecule has 6 heteroatoms. The van der Waals surface area contributed by atoms with Crippen molar-refractivity contribution in [2.45, 2.75) is 26.3 Å². The van der Waals surface area contributed by atoms with Crippen LogP contribution in [0.25, 0.3) is 0 Å². The maximum Gasteiger partial charge on any atom is 0.242 e. The molecule has 1 saturated heterocycles. The minimum Gasteiger partial charge on any atom is -0.397 e. The fourth-order valence-corrected chi connectivity index (χ4v) is 2.71. The van der Waals surface area contributed by atoms with Crippen LogP contribution in [0.15, 0.2) is 10.7 Å². The summed E-state index contributed by atoms with van der Waals surface area (Å²) >= 11 is 3.53. The van der Waals surface area contributed by atoms with Crippen molar-refractivity contribution in [1.29, 1.82) is 0 Å². The van der Waals surface area contributed by atoms with Gasteiger partial charge in [-0.15, -0.1) is 0 Å². The summed E-state index contributed by atoms with van der Waals surface area (Å²) in [6.07, 6.45) is 2.40. The average Bonchev–Trinajstić information content (AvgIpc) is 2.36. The number of nitrogens with zero attached hydrogens (tertiary/aromatic N) is 2. The molecule has 2 rings (SSSR count). The van der Waals surface area contributed by atoms with Gasteiger partial charge in [-0.1, -0.05) is 6.92 Å². The van der Waals surface area contributed by atoms with E-state index in [-0.39, 0.29) is 11.9 Å². The molecule has 0 aromatic carbocycles. The Balaban J connectivity index is 2.41. The van der Waals surface area contributed by atoms with E-state index >= 15 is 0 Å². The molecule has 2 heterocycles. The van der Waals surface area contributed by atoms with E-state index in [2.05, 4.69) is 26.2 Å². The summed E-state index contributed by atoms with van der Waals surface area (Å²) in [6.45, 7) is 5.35. The van der Waals surface area contributed by atoms with Crippen molar-refractivity contribution in [1.82, 2.24) is 10.3 Å². The largest absolute Gasteiger partial charge is 0.397 e. The second-order valence-corrected chi connectivity index (χ2v) is 5.18. The Morgan fingerprint density at radius 2 is 2.39 bits per heavy atom. The minimum absolute atomic E-state index is 0.0620. The van der Waals surface area contributed by atoms with Crippen LogP contribution >= 0.6 is 15.9 Å². The van der Waals surface area contributed by atoms with Crippen LogP contribution in [0.5, 0.6) is 0 Å². The topological polar surface area (TPSA) is 71.2 Å². The van der Waals surface area contributed by atoms with Gasteiger partial charge in [0.1, 0.15) is 11.9 Å². The number of amides is 1. The molecule has 98 valence electrons. The Morgan fingerprint density at radius 3 is 3.06 bits per heavy atom. The molecule has 18 heavy (non-hydrogen) atoms. The Kier molecular flexibility index (Phi) is 3.75. The van der Waals surface area contributed by atoms with Crippen LogP contribution in [0.3, 0.4) is 0 Å². The second-order valence-electron chi connectivity index (χ2n) is 4.38. The van der Waals surface area contributed by atoms with Gasteiger partial charge in [-0.3, -0.25) is 4.79 Å². The molecule has 1 atom stereocenters. The third-order valence-corrected chi connectivity index (χ3v) is 4.22. The van der Waals surface area contributed by atoms with Gasteiger partial charge < -0.3 is 16.0 Å². The smallest absolute Gasteiger partial charge is 0.242 e. The van der Waals surface area contributed by atoms with Gasteiger partial charge in [0.05, 0.1) is 16.4 Å². The van der Waals surface area contributed by atoms with Gasteiger partial charge in [0, 0.05) is 13.1 Å². The molecule has 1 amide bonds. The molecular formula is C12H17BrN4O. The molecule has 5 nitrogen and oxygen atoms in total. The fourth-order valence-electron chi connectivity index (χ4n) is 2.15. The number of nitrogens with two attached hydrogens (primary N) is 1. The van der Waals surface area contributed by atoms with Gasteiger partial charge in [0.15, 0.2) is 0 Å². The van der Waals surface area contributed by atoms with Crippen molar-refractivity contribution in [3.63, 3.8) is 0 Å². The van der Waals surface area contributed by atoms with Crippen LogP contribution in [0.4, 0.5) is 11.5 Å². The number of aromatic nitrogens is 1. The summed E-state index contributed by atoms with van der Waals surface area (Å²) in [6, 6.07) is -0.162. The van der Waals surface area contributed by atoms with Crippen molar-refractivity contribution < 1.29 is 4.79 Å². The number of pyridine rings is 1. The molecule has 1 aliphatic heterocycles. The van der Waals surface area contributed by atoms with E-state index in [0.29, 0.717) is 12.2 Å². The van der Waals surface area contributed by atoms with Crippen molar-refractivity contribution in [3.05, 3.63) is 16.2 Å². The zero-order valence-electron chi connectivity index (χ0n) is 10.5. The quantitative estimate of drug-likeness (QED) is 0.867. The standard InChI is InChI=1S/C12H17BrN4O/c1-3-9-12(18)15-4-5-17(9)11-10(13)7(2)8(14)6-16-11/h6,9H,3-5,14H2,1-2H3,(H,15,18). The van der Waals surface area contributed by atoms with Gasteiger partial charge in [-0.05, 0) is 34.8 Å². The highest BCUT2D eigenvalue weighted by Gasteiger charge is 2.30. The molecule has 1 unspecified atom stereocenters. The number of carbonyl (C=O) groups is 1. The first-order valence-electron chi connectivity index (χ1n) is 6.01. The lowest BCUT2D eigenvalue weighted by atomic mass is 10.1. The van der Waals surface area contributed by atoms with E-state index in [1.54, 1.807) is 6.20 Å². The zero-order chi connectivity index (χ0) is 13.3. The Bertz CT molecular complexity index is 477. The average molecular weight is 313 g/mol. The first-order chi connectivity index (χ1) is 8.56. The van der Waals surface area contributed by atoms with E-state index in [9.17, 15) is 4.79 Å². The molecular weight excluding hydrogens is 296 g/mol. The highest BCUT2D eigenvalue weighted by atomic mass is 79.9. The summed E-state index contributed by atoms with van der Waals surface area (Å²) in [5, 5.41) is 2.88. The number of hydrogen-bond acceptors (Lipinski definition) is 4. The van der Waals surface area contributed by atoms with E-state index in [1.807, 2.05) is 18.7 Å². The lowest BCUT2D eigenvalue weighted by molar-refractivity contribution is -0.123. The van der Waals surface area contributed by atoms with Crippen LogP contribution in [0.2, 0.25) is 0 Å². The van der Waals surface area contributed by atoms with E-state index in [4.69, 9.17) is 5.73 Å². The molecule has 0 bridgehead atoms. The van der Waals surface area contributed by atoms with Crippen molar-refractivity contribution in [3.8, 4) is 0 Å². The molecule has 0 radical (unpaired) electrons. The highest BCUT2D eigenvalue weighted by molar-refractivity contribution is 9.10. The lowest BCUT2D eigenvalue weighted by Gasteiger charge is -2.36. The summed E-state index contributed by atoms with van der Waals surface area (Å²) in [5.74, 6) is 0.857. The molecule has 0 aliphatic carbocycles. The van der Waals surface area contributed by atoms with Crippen LogP contribution in [0, 0.1) is 6.92 Å². The Morgan fingerprint density at radius 1 is 1.67 bits per heavy atom. The molecule has 1 aromatic rings. The third kappa shape index (κ3) is 2.16. The fraction of sp³-hybridized carbons (Fsp3) is 0.500. The SMILES string of the molecule is CCC1C(=O)NCCN1c1ncc(N)c(C)c1Br. The van der Waals surface area contributed by atoms with Gasteiger partial charge in [0.25, 0.3) is 0 Å². The number of halogens is 1. The number of anilines is 2. The number of rotatable bonds is 2. The molecule has 1 aromatic heterocycles. The number of hydrogen-bond donors (Lipinski definition) is 2. The van der Waals surface area contributed by atoms with Crippen LogP contribution in [-0.4, -0.2) is 30.0 Å². The molecule has 0 saturated carbocycles. The minimum atomic E-state index is -0.162. The number of nitrogens with one attached hydrogen (secondary N) is 1. The van der Waals surface area contributed by atoms with Gasteiger partial charge >= 0.3 is 0 Å². The normalized spacial score (nSPS) is 19.8. The Labute approximate surface area is 115 Å². The van der Waals surface area contributed by atoms with Gasteiger partial charge in [-0.2, -0.15) is 0 Å². The summed E-state index contributed by atoms with van der Waals surface area (Å²) in [4.78, 5) is 18.3. The van der Waals surface area contributed by atoms with E-state index in [1.165, 1.54) is 0 Å². The van der Waals surface area contributed by atoms with E-state index in [0.717, 1.165) is 28.8 Å². The van der Waals surface area contributed by atoms with Crippen molar-refractivity contribution in [2.24, 2.45) is 0 Å². The zero-order valence-corrected chi connectivity index (χ0v) is 12.1. The first-order valence-corrected chi connectivity index (χ1v) is 6.80. The number of carbonyl (C=O) groups excluding carboxylic acids is 1. The first kappa shape index (κ1) is 13.1. The monoisotopic (exact) mass is 312 g/mol. The third-order valence-electron chi connectivity index (χ3n) is 3.27. The molecule has 3 N–H and O–H groups in total. The maximum absolute atomic E-state index is 11.9. The van der Waals surface area contributed by atoms with Gasteiger partial charge in [-0.25, -0.2) is 4.98 Å². The van der Waals surface area contributed by atoms with Crippen LogP contribution in [0.1, 0.15) is 18.9 Å². The summed E-state index contributed by atoms with van der Waals surface area (Å²) in [5.41, 5.74) is 7.44. The second kappa shape index (κ2) is 5.14. The molecule has 1 fully saturated rings. The highest BCUT2D eigenvalue weighted by Crippen LogP contribution is 2.32. The van der Waals surface area contributed by atoms with Gasteiger partial charge in [0.2, 0.25) is 5.91 Å². The maximum atomic E-state index is 11.9. The van der Waals surface area contributed by atoms with Crippen LogP contribution in [-0.2, 0) is 4.79 Å². The molecule has 1 aliphatic rings. The summed E-state index contributed by atoms with van der Waals surface area (Å²) < 4.78 is 0.871. The van der Waals surface area contributed by atoms with Crippen molar-refractivity contribution in [2.75, 3.05) is 23.7 Å². The predicted molar refractivity (Wildman–Crippen MR) is 75.5 cm³/mol. The van der Waals surface area contributed by atoms with Crippen molar-refractivity contribution >= 4 is 33.3 Å². The van der Waals surface area contributed by atoms with Crippen LogP contribution < -0.4 is 16.0 Å². The lowest BCUT2D eigenvalue weighted by Crippen LogP contribution is -2.55. The number of piperazine rings is 1. The van der Waals surface area contributed by atoms with E-state index < -0.39 is 0 Å². The summed E-state index contributed by atoms with van der Waals surface area (Å²) in [7, 11) is 0. The molecule has 0 spiro atoms.